The fraction of sp³-hybridized carbons (Fsp3) is 0.480. The number of carbonyl (C=O) groups is 1. The number of nitrogens with zero attached hydrogens (tertiary/aromatic N) is 3. The third-order valence-corrected chi connectivity index (χ3v) is 7.36. The highest BCUT2D eigenvalue weighted by atomic mass is 19.1. The van der Waals surface area contributed by atoms with Gasteiger partial charge < -0.3 is 24.6 Å². The Bertz CT molecular complexity index is 1100. The van der Waals surface area contributed by atoms with Gasteiger partial charge in [0.05, 0.1) is 23.2 Å². The Labute approximate surface area is 202 Å². The summed E-state index contributed by atoms with van der Waals surface area (Å²) < 4.78 is 25.2. The normalized spacial score (nSPS) is 25.9. The van der Waals surface area contributed by atoms with E-state index in [9.17, 15) is 19.3 Å². The number of rotatable bonds is 7. The van der Waals surface area contributed by atoms with Crippen molar-refractivity contribution in [3.05, 3.63) is 70.0 Å². The molecule has 3 aliphatic rings. The van der Waals surface area contributed by atoms with Gasteiger partial charge in [0.25, 0.3) is 5.69 Å². The number of benzene rings is 2. The minimum atomic E-state index is -1.25. The van der Waals surface area contributed by atoms with Gasteiger partial charge in [0.1, 0.15) is 11.4 Å². The maximum atomic E-state index is 13.4. The predicted octanol–water partition coefficient (Wildman–Crippen LogP) is 3.49. The average Bonchev–Trinajstić information content (AvgIpc) is 3.14. The van der Waals surface area contributed by atoms with Crippen LogP contribution in [0.25, 0.3) is 0 Å². The molecule has 10 heteroatoms. The number of piperidine rings is 1. The largest absolute Gasteiger partial charge is 0.339 e. The van der Waals surface area contributed by atoms with Gasteiger partial charge in [-0.15, -0.1) is 0 Å². The summed E-state index contributed by atoms with van der Waals surface area (Å²) in [6.45, 7) is 4.63. The summed E-state index contributed by atoms with van der Waals surface area (Å²) in [5.41, 5.74) is 0.417. The Morgan fingerprint density at radius 1 is 1.17 bits per heavy atom. The molecule has 3 heterocycles. The van der Waals surface area contributed by atoms with Crippen molar-refractivity contribution >= 4 is 17.3 Å². The molecule has 3 saturated heterocycles. The maximum Gasteiger partial charge on any atom is 0.280 e. The van der Waals surface area contributed by atoms with E-state index in [0.29, 0.717) is 13.1 Å². The lowest BCUT2D eigenvalue weighted by atomic mass is 9.85. The second-order valence-electron chi connectivity index (χ2n) is 9.47. The lowest BCUT2D eigenvalue weighted by Gasteiger charge is -2.45. The van der Waals surface area contributed by atoms with Crippen LogP contribution in [-0.4, -0.2) is 53.9 Å². The predicted molar refractivity (Wildman–Crippen MR) is 126 cm³/mol. The molecule has 0 atom stereocenters. The molecule has 35 heavy (non-hydrogen) atoms. The van der Waals surface area contributed by atoms with Crippen molar-refractivity contribution in [2.45, 2.75) is 50.2 Å². The number of nitro groups is 1. The van der Waals surface area contributed by atoms with E-state index >= 15 is 0 Å². The second kappa shape index (κ2) is 9.18. The number of carbonyl (C=O) groups excluding carboxylic acids is 1. The zero-order valence-electron chi connectivity index (χ0n) is 19.6. The van der Waals surface area contributed by atoms with Gasteiger partial charge in [-0.3, -0.25) is 14.9 Å². The summed E-state index contributed by atoms with van der Waals surface area (Å²) in [6, 6.07) is 13.4. The Morgan fingerprint density at radius 3 is 2.57 bits per heavy atom. The van der Waals surface area contributed by atoms with Gasteiger partial charge in [0, 0.05) is 18.8 Å². The molecule has 0 unspecified atom stereocenters. The highest BCUT2D eigenvalue weighted by Crippen LogP contribution is 2.44. The molecule has 1 spiro atoms. The summed E-state index contributed by atoms with van der Waals surface area (Å²) in [4.78, 5) is 28.0. The van der Waals surface area contributed by atoms with E-state index in [2.05, 4.69) is 15.1 Å². The van der Waals surface area contributed by atoms with Crippen LogP contribution in [-0.2, 0) is 20.1 Å². The molecule has 9 nitrogen and oxygen atoms in total. The molecule has 1 N–H and O–H groups in total. The van der Waals surface area contributed by atoms with Crippen molar-refractivity contribution in [1.82, 2.24) is 10.2 Å². The van der Waals surface area contributed by atoms with E-state index in [1.807, 2.05) is 30.3 Å². The summed E-state index contributed by atoms with van der Waals surface area (Å²) >= 11 is 0. The molecular weight excluding hydrogens is 455 g/mol. The number of ether oxygens (including phenoxy) is 2. The molecule has 5 rings (SSSR count). The van der Waals surface area contributed by atoms with Gasteiger partial charge >= 0.3 is 0 Å². The van der Waals surface area contributed by atoms with Gasteiger partial charge in [0.15, 0.2) is 6.29 Å². The lowest BCUT2D eigenvalue weighted by molar-refractivity contribution is -0.461. The first-order chi connectivity index (χ1) is 16.8. The van der Waals surface area contributed by atoms with Crippen molar-refractivity contribution in [1.29, 1.82) is 0 Å². The van der Waals surface area contributed by atoms with Crippen molar-refractivity contribution < 1.29 is 23.6 Å². The van der Waals surface area contributed by atoms with Crippen LogP contribution in [0.1, 0.15) is 38.2 Å². The van der Waals surface area contributed by atoms with Crippen LogP contribution < -0.4 is 10.2 Å². The average molecular weight is 485 g/mol. The quantitative estimate of drug-likeness (QED) is 0.475. The standard InChI is InChI=1S/C25H29FN4O5/c1-24(20-10-9-18(26)16-21(20)30(32)33)34-22(35-24)8-5-13-28-14-11-25(12-15-28)23(31)27-17-29(25)19-6-3-2-4-7-19/h2-4,6-7,9-10,16,22H,5,8,11-15,17H2,1H3,(H,27,31). The molecular formula is C25H29FN4O5. The molecule has 0 bridgehead atoms. The summed E-state index contributed by atoms with van der Waals surface area (Å²) in [6.07, 6.45) is 2.53. The smallest absolute Gasteiger partial charge is 0.280 e. The number of para-hydroxylation sites is 1. The molecule has 2 aromatic carbocycles. The number of hydrogen-bond acceptors (Lipinski definition) is 7. The summed E-state index contributed by atoms with van der Waals surface area (Å²) in [7, 11) is 0. The van der Waals surface area contributed by atoms with Gasteiger partial charge in [-0.25, -0.2) is 4.39 Å². The van der Waals surface area contributed by atoms with E-state index in [1.165, 1.54) is 12.1 Å². The number of likely N-dealkylation sites (tertiary alicyclic amines) is 1. The SMILES string of the molecule is CC1(c2ccc(F)cc2[N+](=O)[O-])OC(CCCN2CCC3(CC2)C(=O)NCN3c2ccccc2)O1. The number of nitro benzene ring substituents is 1. The number of halogens is 1. The fourth-order valence-electron chi connectivity index (χ4n) is 5.46. The Balaban J connectivity index is 1.11. The van der Waals surface area contributed by atoms with Gasteiger partial charge in [0.2, 0.25) is 11.7 Å². The number of hydrogen-bond donors (Lipinski definition) is 1. The van der Waals surface area contributed by atoms with E-state index < -0.39 is 28.4 Å². The van der Waals surface area contributed by atoms with Gasteiger partial charge in [-0.05, 0) is 63.4 Å². The number of anilines is 1. The Morgan fingerprint density at radius 2 is 1.89 bits per heavy atom. The van der Waals surface area contributed by atoms with Crippen LogP contribution in [0.4, 0.5) is 15.8 Å². The maximum absolute atomic E-state index is 13.4. The topological polar surface area (TPSA) is 97.2 Å². The van der Waals surface area contributed by atoms with Gasteiger partial charge in [-0.1, -0.05) is 18.2 Å². The monoisotopic (exact) mass is 484 g/mol. The third-order valence-electron chi connectivity index (χ3n) is 7.36. The van der Waals surface area contributed by atoms with Crippen molar-refractivity contribution in [2.24, 2.45) is 0 Å². The summed E-state index contributed by atoms with van der Waals surface area (Å²) in [5.74, 6) is -1.83. The van der Waals surface area contributed by atoms with Crippen molar-refractivity contribution in [3.8, 4) is 0 Å². The summed E-state index contributed by atoms with van der Waals surface area (Å²) in [5, 5.41) is 14.3. The first-order valence-electron chi connectivity index (χ1n) is 11.9. The highest BCUT2D eigenvalue weighted by Gasteiger charge is 2.50. The zero-order valence-corrected chi connectivity index (χ0v) is 19.6. The fourth-order valence-corrected chi connectivity index (χ4v) is 5.46. The van der Waals surface area contributed by atoms with E-state index in [0.717, 1.165) is 50.7 Å². The van der Waals surface area contributed by atoms with E-state index in [-0.39, 0.29) is 17.2 Å². The zero-order chi connectivity index (χ0) is 24.6. The van der Waals surface area contributed by atoms with Crippen LogP contribution in [0, 0.1) is 15.9 Å². The molecule has 3 fully saturated rings. The van der Waals surface area contributed by atoms with Crippen molar-refractivity contribution in [2.75, 3.05) is 31.2 Å². The second-order valence-corrected chi connectivity index (χ2v) is 9.47. The number of nitrogens with one attached hydrogen (secondary N) is 1. The van der Waals surface area contributed by atoms with Crippen LogP contribution in [0.5, 0.6) is 0 Å². The molecule has 1 amide bonds. The lowest BCUT2D eigenvalue weighted by Crippen LogP contribution is -2.56. The minimum Gasteiger partial charge on any atom is -0.339 e. The third kappa shape index (κ3) is 4.37. The molecule has 0 saturated carbocycles. The first-order valence-corrected chi connectivity index (χ1v) is 11.9. The highest BCUT2D eigenvalue weighted by molar-refractivity contribution is 5.93. The number of amides is 1. The van der Waals surface area contributed by atoms with E-state index in [4.69, 9.17) is 9.47 Å². The molecule has 2 aromatic rings. The first kappa shape index (κ1) is 23.7. The molecule has 3 aliphatic heterocycles. The molecule has 0 aliphatic carbocycles. The van der Waals surface area contributed by atoms with Gasteiger partial charge in [-0.2, -0.15) is 0 Å². The Hall–Kier alpha value is -3.08. The molecule has 0 aromatic heterocycles. The van der Waals surface area contributed by atoms with Crippen LogP contribution in [0.2, 0.25) is 0 Å². The van der Waals surface area contributed by atoms with E-state index in [1.54, 1.807) is 6.92 Å². The van der Waals surface area contributed by atoms with Crippen LogP contribution in [0.3, 0.4) is 0 Å². The van der Waals surface area contributed by atoms with Crippen molar-refractivity contribution in [3.63, 3.8) is 0 Å². The minimum absolute atomic E-state index is 0.103. The molecule has 0 radical (unpaired) electrons. The van der Waals surface area contributed by atoms with Crippen LogP contribution >= 0.6 is 0 Å². The Kier molecular flexibility index (Phi) is 6.20. The molecule has 186 valence electrons. The van der Waals surface area contributed by atoms with Crippen LogP contribution in [0.15, 0.2) is 48.5 Å².